The van der Waals surface area contributed by atoms with E-state index in [0.717, 1.165) is 0 Å². The molecule has 7 nitrogen and oxygen atoms in total. The summed E-state index contributed by atoms with van der Waals surface area (Å²) in [6.45, 7) is 5.78. The fourth-order valence-electron chi connectivity index (χ4n) is 2.01. The van der Waals surface area contributed by atoms with Crippen LogP contribution in [0.2, 0.25) is 19.6 Å². The molecule has 0 aromatic carbocycles. The molecule has 25 heavy (non-hydrogen) atoms. The van der Waals surface area contributed by atoms with E-state index in [-0.39, 0.29) is 28.9 Å². The molecule has 2 heterocycles. The van der Waals surface area contributed by atoms with E-state index in [0.29, 0.717) is 17.3 Å². The van der Waals surface area contributed by atoms with Crippen molar-refractivity contribution in [1.29, 1.82) is 0 Å². The minimum Gasteiger partial charge on any atom is -0.538 e. The highest BCUT2D eigenvalue weighted by Crippen LogP contribution is 2.47. The molecular formula is C15H21BrN2O5SSi. The van der Waals surface area contributed by atoms with Crippen LogP contribution in [0, 0.1) is 0 Å². The fourth-order valence-corrected chi connectivity index (χ4v) is 4.51. The second kappa shape index (κ2) is 7.79. The van der Waals surface area contributed by atoms with Crippen LogP contribution in [0.15, 0.2) is 28.9 Å². The summed E-state index contributed by atoms with van der Waals surface area (Å²) in [5, 5.41) is 11.1. The number of nitrogens with zero attached hydrogens (tertiary/aromatic N) is 1. The van der Waals surface area contributed by atoms with Gasteiger partial charge in [-0.15, -0.1) is 0 Å². The molecule has 0 amide bonds. The minimum atomic E-state index is -3.62. The lowest BCUT2D eigenvalue weighted by molar-refractivity contribution is 0.440. The summed E-state index contributed by atoms with van der Waals surface area (Å²) < 4.78 is 38.3. The number of hydrogen-bond acceptors (Lipinski definition) is 6. The Bertz CT molecular complexity index is 818. The van der Waals surface area contributed by atoms with Crippen LogP contribution in [0.4, 0.5) is 5.88 Å². The molecule has 2 rings (SSSR count). The molecule has 2 aromatic heterocycles. The van der Waals surface area contributed by atoms with Gasteiger partial charge in [-0.1, -0.05) is 15.9 Å². The average Bonchev–Trinajstić information content (AvgIpc) is 2.81. The normalized spacial score (nSPS) is 12.2. The number of rotatable bonds is 8. The number of nitrogens with one attached hydrogen (secondary N) is 1. The molecule has 10 heteroatoms. The number of aromatic nitrogens is 1. The first kappa shape index (κ1) is 19.8. The molecule has 0 unspecified atom stereocenters. The van der Waals surface area contributed by atoms with Gasteiger partial charge in [0.2, 0.25) is 29.8 Å². The summed E-state index contributed by atoms with van der Waals surface area (Å²) in [6, 6.07) is 3.31. The van der Waals surface area contributed by atoms with E-state index >= 15 is 0 Å². The van der Waals surface area contributed by atoms with Crippen molar-refractivity contribution in [2.45, 2.75) is 26.1 Å². The molecule has 2 aromatic rings. The van der Waals surface area contributed by atoms with Gasteiger partial charge in [0.25, 0.3) is 5.88 Å². The highest BCUT2D eigenvalue weighted by Gasteiger charge is 2.29. The van der Waals surface area contributed by atoms with Gasteiger partial charge >= 0.3 is 0 Å². The molecule has 0 aliphatic carbocycles. The first-order valence-corrected chi connectivity index (χ1v) is 13.8. The summed E-state index contributed by atoms with van der Waals surface area (Å²) in [6.07, 6.45) is 3.55. The zero-order valence-electron chi connectivity index (χ0n) is 14.2. The van der Waals surface area contributed by atoms with E-state index in [9.17, 15) is 13.5 Å². The van der Waals surface area contributed by atoms with Gasteiger partial charge in [0.05, 0.1) is 5.75 Å². The lowest BCUT2D eigenvalue weighted by Gasteiger charge is -2.19. The fraction of sp³-hybridized carbons (Fsp3) is 0.400. The number of hydrogen-bond donors (Lipinski definition) is 2. The van der Waals surface area contributed by atoms with Crippen molar-refractivity contribution in [3.63, 3.8) is 0 Å². The Balaban J connectivity index is 2.46. The first-order chi connectivity index (χ1) is 11.6. The van der Waals surface area contributed by atoms with Crippen LogP contribution >= 0.6 is 15.9 Å². The zero-order chi connectivity index (χ0) is 18.7. The van der Waals surface area contributed by atoms with Crippen molar-refractivity contribution in [2.75, 3.05) is 15.8 Å². The molecule has 0 aliphatic rings. The van der Waals surface area contributed by atoms with E-state index in [4.69, 9.17) is 8.84 Å². The topological polar surface area (TPSA) is 102 Å². The third kappa shape index (κ3) is 5.48. The van der Waals surface area contributed by atoms with Crippen molar-refractivity contribution >= 4 is 40.2 Å². The lowest BCUT2D eigenvalue weighted by atomic mass is 10.2. The molecule has 2 N–H and O–H groups in total. The molecular weight excluding hydrogens is 428 g/mol. The van der Waals surface area contributed by atoms with Crippen LogP contribution < -0.4 is 9.15 Å². The van der Waals surface area contributed by atoms with E-state index in [1.807, 2.05) is 19.6 Å². The van der Waals surface area contributed by atoms with Crippen LogP contribution in [-0.4, -0.2) is 37.9 Å². The largest absolute Gasteiger partial charge is 0.538 e. The minimum absolute atomic E-state index is 0.0217. The number of furan rings is 1. The number of alkyl halides is 1. The molecule has 0 aliphatic heterocycles. The monoisotopic (exact) mass is 448 g/mol. The second-order valence-corrected chi connectivity index (χ2v) is 13.4. The summed E-state index contributed by atoms with van der Waals surface area (Å²) in [5.41, 5.74) is 0.568. The Morgan fingerprint density at radius 1 is 1.32 bits per heavy atom. The van der Waals surface area contributed by atoms with Crippen molar-refractivity contribution in [1.82, 2.24) is 4.98 Å². The van der Waals surface area contributed by atoms with Crippen LogP contribution in [0.25, 0.3) is 11.3 Å². The Morgan fingerprint density at radius 3 is 2.52 bits per heavy atom. The molecule has 0 atom stereocenters. The van der Waals surface area contributed by atoms with Gasteiger partial charge in [-0.05, 0) is 38.2 Å². The van der Waals surface area contributed by atoms with Crippen molar-refractivity contribution in [3.8, 4) is 22.8 Å². The Hall–Kier alpha value is -1.52. The van der Waals surface area contributed by atoms with Crippen molar-refractivity contribution in [3.05, 3.63) is 24.5 Å². The predicted octanol–water partition coefficient (Wildman–Crippen LogP) is 3.79. The third-order valence-corrected chi connectivity index (χ3v) is 5.69. The average molecular weight is 449 g/mol. The highest BCUT2D eigenvalue weighted by molar-refractivity contribution is 9.09. The molecule has 0 fully saturated rings. The molecule has 0 saturated heterocycles. The van der Waals surface area contributed by atoms with E-state index in [2.05, 4.69) is 25.6 Å². The molecule has 0 spiro atoms. The quantitative estimate of drug-likeness (QED) is 0.470. The first-order valence-electron chi connectivity index (χ1n) is 7.64. The smallest absolute Gasteiger partial charge is 0.252 e. The Kier molecular flexibility index (Phi) is 6.17. The van der Waals surface area contributed by atoms with Crippen molar-refractivity contribution < 1.29 is 22.4 Å². The van der Waals surface area contributed by atoms with Crippen LogP contribution in [0.5, 0.6) is 11.5 Å². The molecule has 0 saturated carbocycles. The maximum absolute atomic E-state index is 12.2. The number of aromatic hydroxyl groups is 1. The van der Waals surface area contributed by atoms with Crippen LogP contribution in [-0.2, 0) is 10.0 Å². The van der Waals surface area contributed by atoms with Gasteiger partial charge in [0, 0.05) is 23.3 Å². The summed E-state index contributed by atoms with van der Waals surface area (Å²) in [5.74, 6) is -0.258. The number of sulfonamides is 1. The number of anilines is 1. The molecule has 0 radical (unpaired) electrons. The van der Waals surface area contributed by atoms with Gasteiger partial charge < -0.3 is 13.9 Å². The standard InChI is InChI=1S/C15H21BrN2O5SSi/c1-25(2,3)23-14-12(19)13(11-5-8-17-9-6-11)22-15(14)18-24(20,21)10-4-7-16/h5-6,8-9,18-19H,4,7,10H2,1-3H3. The second-order valence-electron chi connectivity index (χ2n) is 6.35. The van der Waals surface area contributed by atoms with Crippen molar-refractivity contribution in [2.24, 2.45) is 0 Å². The van der Waals surface area contributed by atoms with Gasteiger partial charge in [-0.3, -0.25) is 4.98 Å². The third-order valence-electron chi connectivity index (χ3n) is 2.99. The maximum atomic E-state index is 12.2. The SMILES string of the molecule is C[Si](C)(C)Oc1c(NS(=O)(=O)CCCBr)oc(-c2ccncc2)c1O. The molecule has 0 bridgehead atoms. The zero-order valence-corrected chi connectivity index (χ0v) is 17.6. The highest BCUT2D eigenvalue weighted by atomic mass is 79.9. The van der Waals surface area contributed by atoms with E-state index < -0.39 is 18.3 Å². The summed E-state index contributed by atoms with van der Waals surface area (Å²) in [7, 11) is -5.75. The Morgan fingerprint density at radius 2 is 1.96 bits per heavy atom. The summed E-state index contributed by atoms with van der Waals surface area (Å²) in [4.78, 5) is 3.92. The van der Waals surface area contributed by atoms with E-state index in [1.54, 1.807) is 24.5 Å². The van der Waals surface area contributed by atoms with Gasteiger partial charge in [0.1, 0.15) is 0 Å². The van der Waals surface area contributed by atoms with Crippen LogP contribution in [0.3, 0.4) is 0 Å². The maximum Gasteiger partial charge on any atom is 0.252 e. The number of halogens is 1. The van der Waals surface area contributed by atoms with Crippen LogP contribution in [0.1, 0.15) is 6.42 Å². The molecule has 138 valence electrons. The predicted molar refractivity (Wildman–Crippen MR) is 103 cm³/mol. The lowest BCUT2D eigenvalue weighted by Crippen LogP contribution is -2.29. The van der Waals surface area contributed by atoms with Gasteiger partial charge in [-0.25, -0.2) is 13.1 Å². The van der Waals surface area contributed by atoms with Gasteiger partial charge in [0.15, 0.2) is 5.76 Å². The van der Waals surface area contributed by atoms with Gasteiger partial charge in [-0.2, -0.15) is 0 Å². The summed E-state index contributed by atoms with van der Waals surface area (Å²) >= 11 is 3.21. The van der Waals surface area contributed by atoms with E-state index in [1.165, 1.54) is 0 Å². The Labute approximate surface area is 156 Å². The number of pyridine rings is 1.